The Hall–Kier alpha value is -0.430. The lowest BCUT2D eigenvalue weighted by Crippen LogP contribution is -2.04. The molecular weight excluding hydrogens is 318 g/mol. The number of nitrogens with one attached hydrogen (secondary N) is 1. The van der Waals surface area contributed by atoms with Gasteiger partial charge in [-0.1, -0.05) is 17.8 Å². The molecular formula is C11H12BrN3S2. The molecule has 0 fully saturated rings. The van der Waals surface area contributed by atoms with Crippen LogP contribution < -0.4 is 5.32 Å². The third-order valence-corrected chi connectivity index (χ3v) is 4.92. The smallest absolute Gasteiger partial charge is 0.174 e. The van der Waals surface area contributed by atoms with E-state index in [-0.39, 0.29) is 0 Å². The van der Waals surface area contributed by atoms with Crippen LogP contribution in [0.3, 0.4) is 0 Å². The summed E-state index contributed by atoms with van der Waals surface area (Å²) < 4.78 is 6.25. The minimum Gasteiger partial charge on any atom is -0.316 e. The van der Waals surface area contributed by atoms with E-state index in [9.17, 15) is 0 Å². The molecule has 0 saturated carbocycles. The standard InChI is InChI=1S/C11H12BrN3S2/c1-7-14-11(17-15-7)16-10-4-3-8(6-13-2)5-9(10)12/h3-5,13H,6H2,1-2H3. The third-order valence-electron chi connectivity index (χ3n) is 2.08. The van der Waals surface area contributed by atoms with Crippen LogP contribution >= 0.6 is 39.2 Å². The molecule has 1 N–H and O–H groups in total. The van der Waals surface area contributed by atoms with E-state index in [2.05, 4.69) is 48.8 Å². The highest BCUT2D eigenvalue weighted by Gasteiger charge is 2.07. The first-order valence-corrected chi connectivity index (χ1v) is 7.48. The summed E-state index contributed by atoms with van der Waals surface area (Å²) in [5.41, 5.74) is 1.26. The molecule has 0 radical (unpaired) electrons. The Kier molecular flexibility index (Phi) is 4.55. The van der Waals surface area contributed by atoms with E-state index in [0.717, 1.165) is 21.2 Å². The van der Waals surface area contributed by atoms with Crippen molar-refractivity contribution >= 4 is 39.2 Å². The molecule has 6 heteroatoms. The summed E-state index contributed by atoms with van der Waals surface area (Å²) in [6.45, 7) is 2.78. The monoisotopic (exact) mass is 329 g/mol. The van der Waals surface area contributed by atoms with E-state index >= 15 is 0 Å². The van der Waals surface area contributed by atoms with Crippen molar-refractivity contribution in [1.82, 2.24) is 14.7 Å². The van der Waals surface area contributed by atoms with E-state index < -0.39 is 0 Å². The molecule has 0 unspecified atom stereocenters. The highest BCUT2D eigenvalue weighted by molar-refractivity contribution is 9.10. The first-order chi connectivity index (χ1) is 8.19. The first kappa shape index (κ1) is 13.0. The molecule has 3 nitrogen and oxygen atoms in total. The van der Waals surface area contributed by atoms with Gasteiger partial charge in [0.1, 0.15) is 5.82 Å². The summed E-state index contributed by atoms with van der Waals surface area (Å²) in [6, 6.07) is 6.36. The zero-order chi connectivity index (χ0) is 12.3. The van der Waals surface area contributed by atoms with Crippen molar-refractivity contribution in [3.05, 3.63) is 34.1 Å². The highest BCUT2D eigenvalue weighted by Crippen LogP contribution is 2.34. The average molecular weight is 330 g/mol. The number of halogens is 1. The number of aromatic nitrogens is 2. The zero-order valence-corrected chi connectivity index (χ0v) is 12.7. The predicted octanol–water partition coefficient (Wildman–Crippen LogP) is 3.48. The van der Waals surface area contributed by atoms with Crippen LogP contribution in [0.25, 0.3) is 0 Å². The highest BCUT2D eigenvalue weighted by atomic mass is 79.9. The fraction of sp³-hybridized carbons (Fsp3) is 0.273. The van der Waals surface area contributed by atoms with Gasteiger partial charge in [-0.3, -0.25) is 0 Å². The maximum absolute atomic E-state index is 4.34. The summed E-state index contributed by atoms with van der Waals surface area (Å²) in [4.78, 5) is 5.51. The molecule has 2 aromatic rings. The normalized spacial score (nSPS) is 10.8. The molecule has 0 aliphatic carbocycles. The predicted molar refractivity (Wildman–Crippen MR) is 75.7 cm³/mol. The van der Waals surface area contributed by atoms with Crippen LogP contribution in [0.4, 0.5) is 0 Å². The van der Waals surface area contributed by atoms with Crippen LogP contribution in [-0.4, -0.2) is 16.4 Å². The molecule has 2 rings (SSSR count). The van der Waals surface area contributed by atoms with Gasteiger partial charge in [-0.25, -0.2) is 4.98 Å². The minimum absolute atomic E-state index is 0.834. The molecule has 0 spiro atoms. The third kappa shape index (κ3) is 3.51. The first-order valence-electron chi connectivity index (χ1n) is 5.10. The van der Waals surface area contributed by atoms with Crippen LogP contribution in [0.5, 0.6) is 0 Å². The Labute approximate surface area is 117 Å². The summed E-state index contributed by atoms with van der Waals surface area (Å²) >= 11 is 6.66. The van der Waals surface area contributed by atoms with Gasteiger partial charge in [-0.2, -0.15) is 4.37 Å². The van der Waals surface area contributed by atoms with Crippen molar-refractivity contribution in [3.63, 3.8) is 0 Å². The van der Waals surface area contributed by atoms with Crippen LogP contribution in [-0.2, 0) is 6.54 Å². The van der Waals surface area contributed by atoms with E-state index in [1.165, 1.54) is 22.0 Å². The second-order valence-corrected chi connectivity index (χ2v) is 6.40. The summed E-state index contributed by atoms with van der Waals surface area (Å²) in [5, 5.41) is 3.14. The molecule has 0 aliphatic heterocycles. The fourth-order valence-corrected chi connectivity index (χ4v) is 3.64. The number of benzene rings is 1. The van der Waals surface area contributed by atoms with Crippen molar-refractivity contribution < 1.29 is 0 Å². The number of hydrogen-bond donors (Lipinski definition) is 1. The molecule has 17 heavy (non-hydrogen) atoms. The van der Waals surface area contributed by atoms with Crippen molar-refractivity contribution in [2.45, 2.75) is 22.7 Å². The van der Waals surface area contributed by atoms with Gasteiger partial charge in [0.25, 0.3) is 0 Å². The Balaban J connectivity index is 2.16. The molecule has 90 valence electrons. The molecule has 1 heterocycles. The van der Waals surface area contributed by atoms with Crippen molar-refractivity contribution in [2.75, 3.05) is 7.05 Å². The van der Waals surface area contributed by atoms with E-state index in [4.69, 9.17) is 0 Å². The average Bonchev–Trinajstić information content (AvgIpc) is 2.69. The zero-order valence-electron chi connectivity index (χ0n) is 9.53. The molecule has 0 atom stereocenters. The number of hydrogen-bond acceptors (Lipinski definition) is 5. The number of nitrogens with zero attached hydrogens (tertiary/aromatic N) is 2. The maximum atomic E-state index is 4.34. The van der Waals surface area contributed by atoms with Gasteiger partial charge in [0.05, 0.1) is 0 Å². The summed E-state index contributed by atoms with van der Waals surface area (Å²) in [5.74, 6) is 0.834. The Bertz CT molecular complexity index is 513. The summed E-state index contributed by atoms with van der Waals surface area (Å²) in [6.07, 6.45) is 0. The van der Waals surface area contributed by atoms with Gasteiger partial charge < -0.3 is 5.32 Å². The Morgan fingerprint density at radius 3 is 2.88 bits per heavy atom. The maximum Gasteiger partial charge on any atom is 0.174 e. The fourth-order valence-electron chi connectivity index (χ4n) is 1.35. The van der Waals surface area contributed by atoms with Crippen molar-refractivity contribution in [2.24, 2.45) is 0 Å². The molecule has 0 saturated heterocycles. The van der Waals surface area contributed by atoms with Crippen LogP contribution in [0, 0.1) is 6.92 Å². The minimum atomic E-state index is 0.834. The lowest BCUT2D eigenvalue weighted by atomic mass is 10.2. The van der Waals surface area contributed by atoms with Gasteiger partial charge in [-0.05, 0) is 59.1 Å². The largest absolute Gasteiger partial charge is 0.316 e. The SMILES string of the molecule is CNCc1ccc(Sc2nc(C)ns2)c(Br)c1. The van der Waals surface area contributed by atoms with Gasteiger partial charge in [-0.15, -0.1) is 0 Å². The topological polar surface area (TPSA) is 37.8 Å². The van der Waals surface area contributed by atoms with Crippen LogP contribution in [0.15, 0.2) is 31.9 Å². The quantitative estimate of drug-likeness (QED) is 0.931. The molecule has 1 aromatic heterocycles. The lowest BCUT2D eigenvalue weighted by Gasteiger charge is -2.05. The van der Waals surface area contributed by atoms with Crippen LogP contribution in [0.1, 0.15) is 11.4 Å². The summed E-state index contributed by atoms with van der Waals surface area (Å²) in [7, 11) is 1.95. The Morgan fingerprint density at radius 1 is 1.47 bits per heavy atom. The second kappa shape index (κ2) is 5.95. The Morgan fingerprint density at radius 2 is 2.29 bits per heavy atom. The van der Waals surface area contributed by atoms with Gasteiger partial charge in [0.15, 0.2) is 4.34 Å². The van der Waals surface area contributed by atoms with E-state index in [0.29, 0.717) is 0 Å². The van der Waals surface area contributed by atoms with Gasteiger partial charge in [0, 0.05) is 15.9 Å². The molecule has 1 aromatic carbocycles. The second-order valence-electron chi connectivity index (χ2n) is 3.50. The van der Waals surface area contributed by atoms with Gasteiger partial charge in [0.2, 0.25) is 0 Å². The lowest BCUT2D eigenvalue weighted by molar-refractivity contribution is 0.816. The van der Waals surface area contributed by atoms with E-state index in [1.54, 1.807) is 11.8 Å². The van der Waals surface area contributed by atoms with E-state index in [1.807, 2.05) is 14.0 Å². The molecule has 0 amide bonds. The number of rotatable bonds is 4. The molecule has 0 aliphatic rings. The van der Waals surface area contributed by atoms with Crippen LogP contribution in [0.2, 0.25) is 0 Å². The van der Waals surface area contributed by atoms with Gasteiger partial charge >= 0.3 is 0 Å². The molecule has 0 bridgehead atoms. The van der Waals surface area contributed by atoms with Crippen molar-refractivity contribution in [3.8, 4) is 0 Å². The van der Waals surface area contributed by atoms with Crippen molar-refractivity contribution in [1.29, 1.82) is 0 Å². The number of aryl methyl sites for hydroxylation is 1.